The fraction of sp³-hybridized carbons (Fsp3) is 0.500. The standard InChI is InChI=1S/C12H12F6N2/c13-6-5-7(14)10(16)8(9(6)15)11(12(17)18)20-3-1-19-2-4-20/h5,11-12,19H,1-4H2/t11-/m1/s1. The van der Waals surface area contributed by atoms with Gasteiger partial charge in [0.25, 0.3) is 6.43 Å². The maximum absolute atomic E-state index is 13.7. The lowest BCUT2D eigenvalue weighted by molar-refractivity contribution is 0.0138. The van der Waals surface area contributed by atoms with E-state index in [0.717, 1.165) is 4.90 Å². The third kappa shape index (κ3) is 2.76. The molecule has 1 fully saturated rings. The van der Waals surface area contributed by atoms with Crippen LogP contribution >= 0.6 is 0 Å². The van der Waals surface area contributed by atoms with E-state index in [1.54, 1.807) is 0 Å². The highest BCUT2D eigenvalue weighted by molar-refractivity contribution is 5.26. The minimum absolute atomic E-state index is 0.00839. The zero-order chi connectivity index (χ0) is 14.9. The van der Waals surface area contributed by atoms with Gasteiger partial charge < -0.3 is 5.32 Å². The summed E-state index contributed by atoms with van der Waals surface area (Å²) in [5.74, 6) is -6.90. The lowest BCUT2D eigenvalue weighted by atomic mass is 10.0. The quantitative estimate of drug-likeness (QED) is 0.681. The van der Waals surface area contributed by atoms with Crippen LogP contribution in [-0.2, 0) is 0 Å². The Morgan fingerprint density at radius 1 is 0.950 bits per heavy atom. The second-order valence-corrected chi connectivity index (χ2v) is 4.45. The highest BCUT2D eigenvalue weighted by Crippen LogP contribution is 2.33. The monoisotopic (exact) mass is 298 g/mol. The van der Waals surface area contributed by atoms with E-state index in [2.05, 4.69) is 5.32 Å². The second-order valence-electron chi connectivity index (χ2n) is 4.45. The topological polar surface area (TPSA) is 15.3 Å². The van der Waals surface area contributed by atoms with Crippen LogP contribution in [0.25, 0.3) is 0 Å². The van der Waals surface area contributed by atoms with E-state index in [0.29, 0.717) is 13.1 Å². The van der Waals surface area contributed by atoms with Gasteiger partial charge in [0.15, 0.2) is 23.3 Å². The Hall–Kier alpha value is -1.28. The molecule has 0 unspecified atom stereocenters. The molecule has 0 bridgehead atoms. The molecule has 1 aliphatic rings. The van der Waals surface area contributed by atoms with Crippen LogP contribution < -0.4 is 5.32 Å². The average molecular weight is 298 g/mol. The van der Waals surface area contributed by atoms with Gasteiger partial charge in [0.05, 0.1) is 5.56 Å². The maximum atomic E-state index is 13.7. The summed E-state index contributed by atoms with van der Waals surface area (Å²) < 4.78 is 79.9. The van der Waals surface area contributed by atoms with Crippen molar-refractivity contribution in [3.8, 4) is 0 Å². The van der Waals surface area contributed by atoms with E-state index in [1.165, 1.54) is 0 Å². The predicted octanol–water partition coefficient (Wildman–Crippen LogP) is 2.45. The summed E-state index contributed by atoms with van der Waals surface area (Å²) in [5.41, 5.74) is -1.25. The van der Waals surface area contributed by atoms with Crippen molar-refractivity contribution < 1.29 is 26.3 Å². The third-order valence-corrected chi connectivity index (χ3v) is 3.23. The number of benzene rings is 1. The van der Waals surface area contributed by atoms with Gasteiger partial charge in [0.1, 0.15) is 6.04 Å². The van der Waals surface area contributed by atoms with E-state index in [1.807, 2.05) is 0 Å². The van der Waals surface area contributed by atoms with Gasteiger partial charge in [-0.25, -0.2) is 26.3 Å². The minimum atomic E-state index is -3.17. The van der Waals surface area contributed by atoms with Crippen molar-refractivity contribution in [2.75, 3.05) is 26.2 Å². The van der Waals surface area contributed by atoms with Crippen molar-refractivity contribution >= 4 is 0 Å². The molecule has 1 aromatic carbocycles. The molecule has 2 rings (SSSR count). The Morgan fingerprint density at radius 2 is 1.45 bits per heavy atom. The van der Waals surface area contributed by atoms with Gasteiger partial charge in [-0.05, 0) is 0 Å². The van der Waals surface area contributed by atoms with Crippen LogP contribution in [0.2, 0.25) is 0 Å². The number of halogens is 6. The molecule has 1 aliphatic heterocycles. The van der Waals surface area contributed by atoms with Crippen molar-refractivity contribution in [1.82, 2.24) is 10.2 Å². The molecular weight excluding hydrogens is 286 g/mol. The third-order valence-electron chi connectivity index (χ3n) is 3.23. The molecule has 112 valence electrons. The van der Waals surface area contributed by atoms with Crippen LogP contribution in [0.4, 0.5) is 26.3 Å². The largest absolute Gasteiger partial charge is 0.314 e. The molecule has 0 aliphatic carbocycles. The van der Waals surface area contributed by atoms with Crippen LogP contribution in [-0.4, -0.2) is 37.5 Å². The zero-order valence-electron chi connectivity index (χ0n) is 10.3. The predicted molar refractivity (Wildman–Crippen MR) is 59.5 cm³/mol. The van der Waals surface area contributed by atoms with Gasteiger partial charge in [0.2, 0.25) is 0 Å². The summed E-state index contributed by atoms with van der Waals surface area (Å²) in [5, 5.41) is 2.89. The molecule has 1 heterocycles. The first kappa shape index (κ1) is 15.1. The lowest BCUT2D eigenvalue weighted by Gasteiger charge is -2.34. The van der Waals surface area contributed by atoms with Gasteiger partial charge in [-0.1, -0.05) is 0 Å². The summed E-state index contributed by atoms with van der Waals surface area (Å²) >= 11 is 0. The molecule has 20 heavy (non-hydrogen) atoms. The number of hydrogen-bond donors (Lipinski definition) is 1. The summed E-state index contributed by atoms with van der Waals surface area (Å²) in [7, 11) is 0. The van der Waals surface area contributed by atoms with Crippen LogP contribution in [0, 0.1) is 23.3 Å². The van der Waals surface area contributed by atoms with Crippen LogP contribution in [0.5, 0.6) is 0 Å². The molecule has 2 nitrogen and oxygen atoms in total. The Bertz CT molecular complexity index is 461. The van der Waals surface area contributed by atoms with Gasteiger partial charge >= 0.3 is 0 Å². The van der Waals surface area contributed by atoms with E-state index in [-0.39, 0.29) is 19.2 Å². The summed E-state index contributed by atoms with van der Waals surface area (Å²) in [6.45, 7) is 0.909. The number of alkyl halides is 2. The Balaban J connectivity index is 2.49. The van der Waals surface area contributed by atoms with Crippen molar-refractivity contribution in [2.24, 2.45) is 0 Å². The molecule has 0 saturated carbocycles. The molecule has 0 spiro atoms. The number of nitrogens with zero attached hydrogens (tertiary/aromatic N) is 1. The summed E-state index contributed by atoms with van der Waals surface area (Å²) in [4.78, 5) is 1.11. The normalized spacial score (nSPS) is 18.6. The molecule has 1 N–H and O–H groups in total. The van der Waals surface area contributed by atoms with Gasteiger partial charge in [-0.15, -0.1) is 0 Å². The fourth-order valence-corrected chi connectivity index (χ4v) is 2.28. The smallest absolute Gasteiger partial charge is 0.258 e. The molecule has 0 aromatic heterocycles. The lowest BCUT2D eigenvalue weighted by Crippen LogP contribution is -2.47. The first-order chi connectivity index (χ1) is 9.43. The van der Waals surface area contributed by atoms with Crippen LogP contribution in [0.3, 0.4) is 0 Å². The highest BCUT2D eigenvalue weighted by atomic mass is 19.3. The molecule has 0 radical (unpaired) electrons. The molecule has 1 aromatic rings. The van der Waals surface area contributed by atoms with Crippen molar-refractivity contribution in [3.05, 3.63) is 34.9 Å². The number of rotatable bonds is 3. The average Bonchev–Trinajstić information content (AvgIpc) is 2.42. The summed E-state index contributed by atoms with van der Waals surface area (Å²) in [6.07, 6.45) is -3.17. The molecule has 8 heteroatoms. The van der Waals surface area contributed by atoms with Gasteiger partial charge in [0, 0.05) is 32.2 Å². The molecular formula is C12H12F6N2. The SMILES string of the molecule is Fc1cc(F)c(F)c([C@H](C(F)F)N2CCNCC2)c1F. The maximum Gasteiger partial charge on any atom is 0.258 e. The van der Waals surface area contributed by atoms with E-state index in [9.17, 15) is 26.3 Å². The van der Waals surface area contributed by atoms with Crippen molar-refractivity contribution in [3.63, 3.8) is 0 Å². The van der Waals surface area contributed by atoms with Gasteiger partial charge in [-0.2, -0.15) is 0 Å². The van der Waals surface area contributed by atoms with Crippen molar-refractivity contribution in [1.29, 1.82) is 0 Å². The van der Waals surface area contributed by atoms with E-state index in [4.69, 9.17) is 0 Å². The Morgan fingerprint density at radius 3 is 1.90 bits per heavy atom. The second kappa shape index (κ2) is 6.01. The minimum Gasteiger partial charge on any atom is -0.314 e. The number of hydrogen-bond acceptors (Lipinski definition) is 2. The number of piperazine rings is 1. The highest BCUT2D eigenvalue weighted by Gasteiger charge is 2.36. The first-order valence-electron chi connectivity index (χ1n) is 5.99. The Kier molecular flexibility index (Phi) is 4.54. The number of nitrogens with one attached hydrogen (secondary N) is 1. The van der Waals surface area contributed by atoms with Crippen LogP contribution in [0.1, 0.15) is 11.6 Å². The first-order valence-corrected chi connectivity index (χ1v) is 5.99. The molecule has 0 amide bonds. The van der Waals surface area contributed by atoms with Crippen LogP contribution in [0.15, 0.2) is 6.07 Å². The van der Waals surface area contributed by atoms with E-state index >= 15 is 0 Å². The zero-order valence-corrected chi connectivity index (χ0v) is 10.3. The van der Waals surface area contributed by atoms with Crippen molar-refractivity contribution in [2.45, 2.75) is 12.5 Å². The summed E-state index contributed by atoms with van der Waals surface area (Å²) in [6, 6.07) is -2.00. The fourth-order valence-electron chi connectivity index (χ4n) is 2.28. The van der Waals surface area contributed by atoms with Gasteiger partial charge in [-0.3, -0.25) is 4.90 Å². The molecule has 1 atom stereocenters. The molecule has 1 saturated heterocycles. The Labute approximate surface area is 111 Å². The van der Waals surface area contributed by atoms with E-state index < -0.39 is 41.3 Å².